The Kier molecular flexibility index (Phi) is 2.54. The number of benzene rings is 1. The molecule has 0 radical (unpaired) electrons. The number of hydrogen-bond acceptors (Lipinski definition) is 1. The fraction of sp³-hybridized carbons (Fsp3) is 0.273. The van der Waals surface area contributed by atoms with Crippen molar-refractivity contribution in [2.75, 3.05) is 0 Å². The molecule has 0 heterocycles. The van der Waals surface area contributed by atoms with E-state index in [4.69, 9.17) is 0 Å². The van der Waals surface area contributed by atoms with Gasteiger partial charge >= 0.3 is 0 Å². The van der Waals surface area contributed by atoms with Gasteiger partial charge in [0.2, 0.25) is 0 Å². The molecule has 0 N–H and O–H groups in total. The number of carbonyl (C=O) groups excluding carboxylic acids is 1. The predicted octanol–water partition coefficient (Wildman–Crippen LogP) is 2.85. The van der Waals surface area contributed by atoms with Gasteiger partial charge in [0.15, 0.2) is 0 Å². The van der Waals surface area contributed by atoms with Gasteiger partial charge in [-0.15, -0.1) is 6.07 Å². The number of carbonyl (C=O) groups is 1. The van der Waals surface area contributed by atoms with E-state index in [2.05, 4.69) is 0 Å². The first-order valence-corrected chi connectivity index (χ1v) is 4.03. The quantitative estimate of drug-likeness (QED) is 0.481. The summed E-state index contributed by atoms with van der Waals surface area (Å²) in [5.41, 5.74) is 1.93. The molecule has 1 aromatic carbocycles. The number of hydrogen-bond donors (Lipinski definition) is 0. The van der Waals surface area contributed by atoms with Crippen LogP contribution in [0.25, 0.3) is 0 Å². The zero-order chi connectivity index (χ0) is 9.14. The average molecular weight is 161 g/mol. The molecular formula is C11H13O-. The van der Waals surface area contributed by atoms with E-state index in [9.17, 15) is 4.79 Å². The van der Waals surface area contributed by atoms with E-state index in [0.717, 1.165) is 11.1 Å². The highest BCUT2D eigenvalue weighted by atomic mass is 16.1. The highest BCUT2D eigenvalue weighted by Crippen LogP contribution is 2.14. The largest absolute Gasteiger partial charge is 0.296 e. The van der Waals surface area contributed by atoms with Gasteiger partial charge in [0.1, 0.15) is 5.78 Å². The minimum Gasteiger partial charge on any atom is -0.296 e. The molecule has 0 saturated carbocycles. The Balaban J connectivity index is 3.04. The van der Waals surface area contributed by atoms with Gasteiger partial charge in [-0.3, -0.25) is 4.79 Å². The molecule has 64 valence electrons. The van der Waals surface area contributed by atoms with Crippen LogP contribution in [-0.4, -0.2) is 5.78 Å². The molecule has 0 atom stereocenters. The number of rotatable bonds is 2. The third kappa shape index (κ3) is 1.88. The molecule has 1 nitrogen and oxygen atoms in total. The van der Waals surface area contributed by atoms with Crippen LogP contribution in [0.4, 0.5) is 0 Å². The summed E-state index contributed by atoms with van der Waals surface area (Å²) in [4.78, 5) is 11.0. The van der Waals surface area contributed by atoms with Gasteiger partial charge < -0.3 is 0 Å². The van der Waals surface area contributed by atoms with Gasteiger partial charge in [0.25, 0.3) is 0 Å². The Morgan fingerprint density at radius 3 is 2.50 bits per heavy atom. The van der Waals surface area contributed by atoms with Gasteiger partial charge in [0, 0.05) is 0 Å². The molecule has 1 aromatic rings. The first kappa shape index (κ1) is 8.85. The van der Waals surface area contributed by atoms with Gasteiger partial charge in [0.05, 0.1) is 0 Å². The van der Waals surface area contributed by atoms with Crippen LogP contribution in [0.1, 0.15) is 36.7 Å². The van der Waals surface area contributed by atoms with E-state index < -0.39 is 0 Å². The van der Waals surface area contributed by atoms with E-state index in [0.29, 0.717) is 0 Å². The minimum absolute atomic E-state index is 0.123. The average Bonchev–Trinajstić information content (AvgIpc) is 2.04. The monoisotopic (exact) mass is 161 g/mol. The van der Waals surface area contributed by atoms with Crippen LogP contribution in [0.3, 0.4) is 0 Å². The van der Waals surface area contributed by atoms with Gasteiger partial charge in [-0.25, -0.2) is 0 Å². The Morgan fingerprint density at radius 1 is 1.33 bits per heavy atom. The topological polar surface area (TPSA) is 17.1 Å². The molecule has 0 aliphatic heterocycles. The molecule has 0 amide bonds. The van der Waals surface area contributed by atoms with Crippen molar-refractivity contribution in [3.8, 4) is 0 Å². The second kappa shape index (κ2) is 3.44. The van der Waals surface area contributed by atoms with E-state index >= 15 is 0 Å². The van der Waals surface area contributed by atoms with Crippen LogP contribution in [0.5, 0.6) is 0 Å². The molecule has 0 aliphatic carbocycles. The van der Waals surface area contributed by atoms with E-state index in [1.807, 2.05) is 38.1 Å². The third-order valence-corrected chi connectivity index (χ3v) is 1.85. The molecular weight excluding hydrogens is 148 g/mol. The van der Waals surface area contributed by atoms with Crippen molar-refractivity contribution >= 4 is 5.78 Å². The Hall–Kier alpha value is -1.24. The van der Waals surface area contributed by atoms with Crippen LogP contribution in [-0.2, 0) is 0 Å². The highest BCUT2D eigenvalue weighted by molar-refractivity contribution is 5.94. The van der Waals surface area contributed by atoms with E-state index in [1.54, 1.807) is 6.92 Å². The lowest BCUT2D eigenvalue weighted by Gasteiger charge is -2.15. The molecule has 1 rings (SSSR count). The van der Waals surface area contributed by atoms with Crippen LogP contribution in [0.15, 0.2) is 24.3 Å². The summed E-state index contributed by atoms with van der Waals surface area (Å²) in [6.45, 7) is 5.67. The molecule has 0 fully saturated rings. The molecule has 0 spiro atoms. The van der Waals surface area contributed by atoms with Crippen LogP contribution >= 0.6 is 0 Å². The van der Waals surface area contributed by atoms with Crippen molar-refractivity contribution in [3.05, 3.63) is 41.3 Å². The van der Waals surface area contributed by atoms with Gasteiger partial charge in [-0.1, -0.05) is 19.9 Å². The lowest BCUT2D eigenvalue weighted by Crippen LogP contribution is -1.95. The Bertz CT molecular complexity index is 287. The van der Waals surface area contributed by atoms with Crippen LogP contribution in [0.2, 0.25) is 0 Å². The Morgan fingerprint density at radius 2 is 2.00 bits per heavy atom. The zero-order valence-corrected chi connectivity index (χ0v) is 7.72. The number of ketones is 1. The summed E-state index contributed by atoms with van der Waals surface area (Å²) in [6.07, 6.45) is 0. The standard InChI is InChI=1S/C11H13O/c1-8(2)10-5-4-6-11(7-10)9(3)12/h4-7H,1-3H3/q-1. The molecule has 12 heavy (non-hydrogen) atoms. The minimum atomic E-state index is 0.123. The highest BCUT2D eigenvalue weighted by Gasteiger charge is 1.94. The molecule has 1 heteroatoms. The SMILES string of the molecule is CC(=O)c1cccc([C-](C)C)c1. The first-order chi connectivity index (χ1) is 5.61. The molecule has 0 unspecified atom stereocenters. The second-order valence-electron chi connectivity index (χ2n) is 3.14. The van der Waals surface area contributed by atoms with Gasteiger partial charge in [-0.2, -0.15) is 23.6 Å². The van der Waals surface area contributed by atoms with Crippen molar-refractivity contribution in [1.82, 2.24) is 0 Å². The smallest absolute Gasteiger partial charge is 0.147 e. The van der Waals surface area contributed by atoms with Crippen molar-refractivity contribution in [1.29, 1.82) is 0 Å². The summed E-state index contributed by atoms with van der Waals surface area (Å²) in [5, 5.41) is 0. The maximum Gasteiger partial charge on any atom is 0.147 e. The first-order valence-electron chi connectivity index (χ1n) is 4.03. The van der Waals surface area contributed by atoms with Crippen LogP contribution < -0.4 is 0 Å². The summed E-state index contributed by atoms with van der Waals surface area (Å²) < 4.78 is 0. The molecule has 0 aliphatic rings. The fourth-order valence-corrected chi connectivity index (χ4v) is 1.05. The lowest BCUT2D eigenvalue weighted by atomic mass is 10.00. The maximum atomic E-state index is 11.0. The molecule has 0 saturated heterocycles. The van der Waals surface area contributed by atoms with Crippen molar-refractivity contribution in [2.24, 2.45) is 0 Å². The maximum absolute atomic E-state index is 11.0. The predicted molar refractivity (Wildman–Crippen MR) is 50.1 cm³/mol. The zero-order valence-electron chi connectivity index (χ0n) is 7.72. The van der Waals surface area contributed by atoms with Crippen LogP contribution in [0, 0.1) is 5.92 Å². The lowest BCUT2D eigenvalue weighted by molar-refractivity contribution is 0.101. The number of Topliss-reactive ketones (excluding diaryl/α,β-unsaturated/α-hetero) is 1. The fourth-order valence-electron chi connectivity index (χ4n) is 1.05. The summed E-state index contributed by atoms with van der Waals surface area (Å²) in [6, 6.07) is 7.70. The van der Waals surface area contributed by atoms with Gasteiger partial charge in [-0.05, 0) is 12.5 Å². The van der Waals surface area contributed by atoms with Crippen molar-refractivity contribution in [3.63, 3.8) is 0 Å². The second-order valence-corrected chi connectivity index (χ2v) is 3.14. The molecule has 0 bridgehead atoms. The van der Waals surface area contributed by atoms with E-state index in [-0.39, 0.29) is 5.78 Å². The van der Waals surface area contributed by atoms with Crippen molar-refractivity contribution < 1.29 is 4.79 Å². The molecule has 0 aromatic heterocycles. The third-order valence-electron chi connectivity index (χ3n) is 1.85. The normalized spacial score (nSPS) is 9.58. The Labute approximate surface area is 73.4 Å². The summed E-state index contributed by atoms with van der Waals surface area (Å²) in [5.74, 6) is 1.36. The summed E-state index contributed by atoms with van der Waals surface area (Å²) in [7, 11) is 0. The van der Waals surface area contributed by atoms with Crippen molar-refractivity contribution in [2.45, 2.75) is 20.8 Å². The summed E-state index contributed by atoms with van der Waals surface area (Å²) >= 11 is 0. The van der Waals surface area contributed by atoms with E-state index in [1.165, 1.54) is 5.92 Å².